The average molecular weight is 150 g/mol. The molecule has 0 radical (unpaired) electrons. The van der Waals surface area contributed by atoms with Crippen molar-refractivity contribution in [2.45, 2.75) is 19.9 Å². The number of aryl methyl sites for hydroxylation is 2. The van der Waals surface area contributed by atoms with E-state index in [9.17, 15) is 0 Å². The molecular weight excluding hydrogens is 140 g/mol. The molecule has 1 atom stereocenters. The number of hydrogen-bond donors (Lipinski definition) is 1. The van der Waals surface area contributed by atoms with Crippen LogP contribution in [0.15, 0.2) is 10.5 Å². The van der Waals surface area contributed by atoms with Crippen molar-refractivity contribution in [3.63, 3.8) is 0 Å². The maximum absolute atomic E-state index is 8.45. The molecule has 2 N–H and O–H groups in total. The van der Waals surface area contributed by atoms with Gasteiger partial charge in [-0.25, -0.2) is 0 Å². The van der Waals surface area contributed by atoms with Gasteiger partial charge in [-0.3, -0.25) is 0 Å². The van der Waals surface area contributed by atoms with E-state index in [-0.39, 0.29) is 0 Å². The molecule has 0 spiro atoms. The van der Waals surface area contributed by atoms with Gasteiger partial charge >= 0.3 is 0 Å². The first-order chi connectivity index (χ1) is 5.15. The van der Waals surface area contributed by atoms with Gasteiger partial charge < -0.3 is 10.2 Å². The molecule has 0 amide bonds. The van der Waals surface area contributed by atoms with Crippen molar-refractivity contribution in [2.24, 2.45) is 5.73 Å². The number of nitrogens with two attached hydrogens (primary N) is 1. The fourth-order valence-electron chi connectivity index (χ4n) is 0.819. The quantitative estimate of drug-likeness (QED) is 0.658. The first kappa shape index (κ1) is 7.83. The minimum atomic E-state index is -0.637. The first-order valence-electron chi connectivity index (χ1n) is 3.37. The predicted octanol–water partition coefficient (Wildman–Crippen LogP) is 1.42. The summed E-state index contributed by atoms with van der Waals surface area (Å²) >= 11 is 0. The molecule has 0 saturated carbocycles. The van der Waals surface area contributed by atoms with Crippen molar-refractivity contribution in [2.75, 3.05) is 0 Å². The predicted molar refractivity (Wildman–Crippen MR) is 40.7 cm³/mol. The summed E-state index contributed by atoms with van der Waals surface area (Å²) in [4.78, 5) is 0. The standard InChI is InChI=1S/C8H10N2O/c1-5-3-8(7(10)4-9)11-6(5)2/h3,7H,10H2,1-2H3/t7-/m0/s1. The third-order valence-corrected chi connectivity index (χ3v) is 1.63. The van der Waals surface area contributed by atoms with Gasteiger partial charge in [0, 0.05) is 0 Å². The molecule has 3 heteroatoms. The van der Waals surface area contributed by atoms with Gasteiger partial charge in [-0.2, -0.15) is 5.26 Å². The highest BCUT2D eigenvalue weighted by Gasteiger charge is 2.10. The van der Waals surface area contributed by atoms with Crippen molar-refractivity contribution in [3.05, 3.63) is 23.2 Å². The Kier molecular flexibility index (Phi) is 1.97. The van der Waals surface area contributed by atoms with Gasteiger partial charge in [0.15, 0.2) is 6.04 Å². The number of furan rings is 1. The van der Waals surface area contributed by atoms with E-state index < -0.39 is 6.04 Å². The van der Waals surface area contributed by atoms with Crippen LogP contribution in [-0.4, -0.2) is 0 Å². The number of hydrogen-bond acceptors (Lipinski definition) is 3. The highest BCUT2D eigenvalue weighted by Crippen LogP contribution is 2.17. The Morgan fingerprint density at radius 2 is 2.27 bits per heavy atom. The molecule has 0 bridgehead atoms. The normalized spacial score (nSPS) is 12.5. The molecule has 11 heavy (non-hydrogen) atoms. The average Bonchev–Trinajstić information content (AvgIpc) is 2.31. The van der Waals surface area contributed by atoms with Gasteiger partial charge in [-0.15, -0.1) is 0 Å². The second kappa shape index (κ2) is 2.77. The zero-order valence-corrected chi connectivity index (χ0v) is 6.59. The third-order valence-electron chi connectivity index (χ3n) is 1.63. The lowest BCUT2D eigenvalue weighted by Crippen LogP contribution is -2.05. The summed E-state index contributed by atoms with van der Waals surface area (Å²) in [6.07, 6.45) is 0. The fraction of sp³-hybridized carbons (Fsp3) is 0.375. The van der Waals surface area contributed by atoms with Crippen LogP contribution in [0.25, 0.3) is 0 Å². The van der Waals surface area contributed by atoms with Gasteiger partial charge in [-0.05, 0) is 25.5 Å². The van der Waals surface area contributed by atoms with Crippen molar-refractivity contribution in [1.82, 2.24) is 0 Å². The number of nitrogens with zero attached hydrogens (tertiary/aromatic N) is 1. The van der Waals surface area contributed by atoms with Crippen molar-refractivity contribution < 1.29 is 4.42 Å². The van der Waals surface area contributed by atoms with E-state index in [0.717, 1.165) is 11.3 Å². The van der Waals surface area contributed by atoms with Gasteiger partial charge in [0.2, 0.25) is 0 Å². The Morgan fingerprint density at radius 1 is 1.64 bits per heavy atom. The molecular formula is C8H10N2O. The Labute approximate surface area is 65.4 Å². The summed E-state index contributed by atoms with van der Waals surface area (Å²) in [5.41, 5.74) is 6.45. The summed E-state index contributed by atoms with van der Waals surface area (Å²) < 4.78 is 5.22. The van der Waals surface area contributed by atoms with Gasteiger partial charge in [0.1, 0.15) is 11.5 Å². The van der Waals surface area contributed by atoms with Gasteiger partial charge in [-0.1, -0.05) is 0 Å². The van der Waals surface area contributed by atoms with E-state index in [1.165, 1.54) is 0 Å². The van der Waals surface area contributed by atoms with Crippen molar-refractivity contribution in [1.29, 1.82) is 5.26 Å². The molecule has 0 aliphatic rings. The Balaban J connectivity index is 2.99. The summed E-state index contributed by atoms with van der Waals surface area (Å²) in [5.74, 6) is 1.37. The second-order valence-corrected chi connectivity index (χ2v) is 2.49. The summed E-state index contributed by atoms with van der Waals surface area (Å²) in [6.45, 7) is 3.77. The SMILES string of the molecule is Cc1cc([C@@H](N)C#N)oc1C. The van der Waals surface area contributed by atoms with Crippen LogP contribution < -0.4 is 5.73 Å². The smallest absolute Gasteiger partial charge is 0.151 e. The Bertz CT molecular complexity index is 276. The number of rotatable bonds is 1. The summed E-state index contributed by atoms with van der Waals surface area (Å²) in [6, 6.07) is 3.06. The molecule has 0 aromatic carbocycles. The molecule has 1 aromatic rings. The molecule has 0 saturated heterocycles. The zero-order chi connectivity index (χ0) is 8.43. The van der Waals surface area contributed by atoms with Crippen LogP contribution in [0.1, 0.15) is 23.1 Å². The zero-order valence-electron chi connectivity index (χ0n) is 6.59. The van der Waals surface area contributed by atoms with Crippen LogP contribution in [0, 0.1) is 25.2 Å². The minimum Gasteiger partial charge on any atom is -0.463 e. The van der Waals surface area contributed by atoms with Crippen molar-refractivity contribution >= 4 is 0 Å². The van der Waals surface area contributed by atoms with Crippen LogP contribution in [0.2, 0.25) is 0 Å². The topological polar surface area (TPSA) is 63.0 Å². The molecule has 0 unspecified atom stereocenters. The molecule has 3 nitrogen and oxygen atoms in total. The van der Waals surface area contributed by atoms with E-state index in [4.69, 9.17) is 15.4 Å². The molecule has 0 fully saturated rings. The monoisotopic (exact) mass is 150 g/mol. The maximum atomic E-state index is 8.45. The fourth-order valence-corrected chi connectivity index (χ4v) is 0.819. The third kappa shape index (κ3) is 1.41. The molecule has 58 valence electrons. The minimum absolute atomic E-state index is 0.544. The molecule has 1 rings (SSSR count). The summed E-state index contributed by atoms with van der Waals surface area (Å²) in [5, 5.41) is 8.45. The maximum Gasteiger partial charge on any atom is 0.151 e. The van der Waals surface area contributed by atoms with Crippen LogP contribution in [0.5, 0.6) is 0 Å². The molecule has 0 aliphatic heterocycles. The number of nitriles is 1. The van der Waals surface area contributed by atoms with E-state index in [1.54, 1.807) is 6.07 Å². The molecule has 1 aromatic heterocycles. The van der Waals surface area contributed by atoms with Crippen LogP contribution in [0.3, 0.4) is 0 Å². The largest absolute Gasteiger partial charge is 0.463 e. The lowest BCUT2D eigenvalue weighted by atomic mass is 10.2. The van der Waals surface area contributed by atoms with E-state index >= 15 is 0 Å². The highest BCUT2D eigenvalue weighted by molar-refractivity contribution is 5.23. The lowest BCUT2D eigenvalue weighted by Gasteiger charge is -1.93. The van der Waals surface area contributed by atoms with Gasteiger partial charge in [0.05, 0.1) is 6.07 Å². The van der Waals surface area contributed by atoms with Gasteiger partial charge in [0.25, 0.3) is 0 Å². The Hall–Kier alpha value is -1.27. The Morgan fingerprint density at radius 3 is 2.64 bits per heavy atom. The van der Waals surface area contributed by atoms with E-state index in [0.29, 0.717) is 5.76 Å². The van der Waals surface area contributed by atoms with E-state index in [1.807, 2.05) is 19.9 Å². The first-order valence-corrected chi connectivity index (χ1v) is 3.37. The van der Waals surface area contributed by atoms with Crippen LogP contribution in [-0.2, 0) is 0 Å². The highest BCUT2D eigenvalue weighted by atomic mass is 16.3. The van der Waals surface area contributed by atoms with Crippen molar-refractivity contribution in [3.8, 4) is 6.07 Å². The van der Waals surface area contributed by atoms with E-state index in [2.05, 4.69) is 0 Å². The second-order valence-electron chi connectivity index (χ2n) is 2.49. The lowest BCUT2D eigenvalue weighted by molar-refractivity contribution is 0.471. The molecule has 0 aliphatic carbocycles. The van der Waals surface area contributed by atoms with Crippen LogP contribution >= 0.6 is 0 Å². The summed E-state index contributed by atoms with van der Waals surface area (Å²) in [7, 11) is 0. The molecule has 1 heterocycles. The van der Waals surface area contributed by atoms with Crippen LogP contribution in [0.4, 0.5) is 0 Å².